The van der Waals surface area contributed by atoms with E-state index >= 15 is 0 Å². The molecule has 2 heterocycles. The van der Waals surface area contributed by atoms with Crippen molar-refractivity contribution in [2.24, 2.45) is 5.92 Å². The maximum Gasteiger partial charge on any atom is 0.343 e. The molecule has 0 spiro atoms. The predicted octanol–water partition coefficient (Wildman–Crippen LogP) is 5.69. The lowest BCUT2D eigenvalue weighted by Crippen LogP contribution is -2.51. The van der Waals surface area contributed by atoms with Crippen molar-refractivity contribution >= 4 is 53.7 Å². The lowest BCUT2D eigenvalue weighted by Gasteiger charge is -2.39. The zero-order valence-electron chi connectivity index (χ0n) is 19.3. The molecule has 6 nitrogen and oxygen atoms in total. The van der Waals surface area contributed by atoms with Crippen molar-refractivity contribution < 1.29 is 14.3 Å². The molecule has 0 aliphatic carbocycles. The number of carbonyl (C=O) groups excluding carboxylic acids is 2. The Labute approximate surface area is 193 Å². The van der Waals surface area contributed by atoms with Crippen LogP contribution in [0.2, 0.25) is 28.3 Å². The van der Waals surface area contributed by atoms with Crippen LogP contribution in [-0.4, -0.2) is 35.6 Å². The number of halogens is 2. The van der Waals surface area contributed by atoms with Crippen LogP contribution in [0.15, 0.2) is 17.1 Å². The van der Waals surface area contributed by atoms with Gasteiger partial charge in [-0.15, -0.1) is 0 Å². The molecule has 31 heavy (non-hydrogen) atoms. The third-order valence-corrected chi connectivity index (χ3v) is 12.1. The summed E-state index contributed by atoms with van der Waals surface area (Å²) < 4.78 is 6.73. The van der Waals surface area contributed by atoms with Crippen LogP contribution in [0.4, 0.5) is 0 Å². The number of hydrogen-bond acceptors (Lipinski definition) is 5. The van der Waals surface area contributed by atoms with E-state index in [0.717, 1.165) is 0 Å². The van der Waals surface area contributed by atoms with Crippen molar-refractivity contribution in [2.45, 2.75) is 65.7 Å². The van der Waals surface area contributed by atoms with Gasteiger partial charge >= 0.3 is 5.97 Å². The predicted molar refractivity (Wildman–Crippen MR) is 128 cm³/mol. The molecular weight excluding hydrogens is 455 g/mol. The Morgan fingerprint density at radius 2 is 1.81 bits per heavy atom. The van der Waals surface area contributed by atoms with Crippen LogP contribution in [0.25, 0.3) is 11.0 Å². The molecule has 0 saturated heterocycles. The molecule has 0 radical (unpaired) electrons. The molecule has 2 rings (SSSR count). The fourth-order valence-electron chi connectivity index (χ4n) is 3.29. The highest BCUT2D eigenvalue weighted by molar-refractivity contribution is 7.06. The van der Waals surface area contributed by atoms with Crippen molar-refractivity contribution in [1.29, 1.82) is 0 Å². The lowest BCUT2D eigenvalue weighted by atomic mass is 10.0. The maximum absolute atomic E-state index is 13.9. The number of fused-ring (bicyclic) bond motifs is 1. The Morgan fingerprint density at radius 3 is 2.29 bits per heavy atom. The van der Waals surface area contributed by atoms with Gasteiger partial charge in [-0.25, -0.2) is 9.78 Å². The molecule has 0 aromatic carbocycles. The highest BCUT2D eigenvalue weighted by Crippen LogP contribution is 2.40. The molecule has 170 valence electrons. The molecule has 0 aliphatic rings. The van der Waals surface area contributed by atoms with Gasteiger partial charge in [-0.1, -0.05) is 70.9 Å². The van der Waals surface area contributed by atoms with E-state index in [2.05, 4.69) is 25.8 Å². The minimum absolute atomic E-state index is 0.0198. The van der Waals surface area contributed by atoms with Gasteiger partial charge in [-0.3, -0.25) is 4.79 Å². The lowest BCUT2D eigenvalue weighted by molar-refractivity contribution is -0.116. The molecule has 0 fully saturated rings. The summed E-state index contributed by atoms with van der Waals surface area (Å²) >= 11 is 12.3. The van der Waals surface area contributed by atoms with Crippen molar-refractivity contribution in [2.75, 3.05) is 6.61 Å². The van der Waals surface area contributed by atoms with Crippen molar-refractivity contribution in [3.63, 3.8) is 0 Å². The zero-order valence-corrected chi connectivity index (χ0v) is 21.8. The fourth-order valence-corrected chi connectivity index (χ4v) is 5.53. The Hall–Kier alpha value is -1.70. The van der Waals surface area contributed by atoms with Gasteiger partial charge in [0.15, 0.2) is 0 Å². The second-order valence-corrected chi connectivity index (χ2v) is 15.6. The molecule has 0 N–H and O–H groups in total. The molecule has 0 bridgehead atoms. The minimum Gasteiger partial charge on any atom is -0.462 e. The average Bonchev–Trinajstić information content (AvgIpc) is 2.64. The van der Waals surface area contributed by atoms with Crippen molar-refractivity contribution in [1.82, 2.24) is 9.55 Å². The third kappa shape index (κ3) is 4.73. The first-order chi connectivity index (χ1) is 14.1. The van der Waals surface area contributed by atoms with E-state index in [-0.39, 0.29) is 44.2 Å². The van der Waals surface area contributed by atoms with E-state index in [1.807, 2.05) is 26.9 Å². The molecule has 2 aromatic heterocycles. The number of rotatable bonds is 6. The summed E-state index contributed by atoms with van der Waals surface area (Å²) in [5.74, 6) is -0.880. The fraction of sp³-hybridized carbons (Fsp3) is 0.545. The van der Waals surface area contributed by atoms with E-state index in [0.29, 0.717) is 5.52 Å². The second-order valence-electron chi connectivity index (χ2n) is 9.56. The number of esters is 1. The summed E-state index contributed by atoms with van der Waals surface area (Å²) in [6, 6.07) is 0.910. The Kier molecular flexibility index (Phi) is 7.45. The summed E-state index contributed by atoms with van der Waals surface area (Å²) in [7, 11) is -2.44. The van der Waals surface area contributed by atoms with Crippen LogP contribution in [0.3, 0.4) is 0 Å². The van der Waals surface area contributed by atoms with E-state index in [1.165, 1.54) is 12.3 Å². The van der Waals surface area contributed by atoms with Crippen molar-refractivity contribution in [3.8, 4) is 0 Å². The number of ether oxygens (including phenoxy) is 1. The molecular formula is C22H30Cl2N2O4Si. The van der Waals surface area contributed by atoms with Gasteiger partial charge in [0.1, 0.15) is 29.7 Å². The molecule has 0 saturated carbocycles. The van der Waals surface area contributed by atoms with Gasteiger partial charge in [0, 0.05) is 6.20 Å². The number of pyridine rings is 2. The number of hydrogen-bond donors (Lipinski definition) is 0. The van der Waals surface area contributed by atoms with Gasteiger partial charge in [-0.05, 0) is 23.9 Å². The standard InChI is InChI=1S/C22H30Cl2N2O4Si/c1-9-30-20(28)13-11-26(15-10-14(23)19(24)25-16(15)18(13)27)17(12(2)3)21(29)31(7,8)22(4,5)6/h10-12,17H,9H2,1-8H3/t17-/m0/s1. The van der Waals surface area contributed by atoms with Gasteiger partial charge in [-0.2, -0.15) is 0 Å². The number of aromatic nitrogens is 2. The van der Waals surface area contributed by atoms with Gasteiger partial charge in [0.2, 0.25) is 5.43 Å². The Morgan fingerprint density at radius 1 is 1.23 bits per heavy atom. The summed E-state index contributed by atoms with van der Waals surface area (Å²) in [4.78, 5) is 43.6. The number of carbonyl (C=O) groups is 2. The maximum atomic E-state index is 13.9. The smallest absolute Gasteiger partial charge is 0.343 e. The van der Waals surface area contributed by atoms with Gasteiger partial charge in [0.25, 0.3) is 0 Å². The molecule has 1 atom stereocenters. The third-order valence-electron chi connectivity index (χ3n) is 6.11. The summed E-state index contributed by atoms with van der Waals surface area (Å²) in [5, 5.41) is 0.0415. The van der Waals surface area contributed by atoms with Crippen molar-refractivity contribution in [3.05, 3.63) is 38.2 Å². The van der Waals surface area contributed by atoms with Crippen LogP contribution in [0.1, 0.15) is 57.9 Å². The van der Waals surface area contributed by atoms with E-state index < -0.39 is 25.5 Å². The van der Waals surface area contributed by atoms with E-state index in [4.69, 9.17) is 27.9 Å². The highest BCUT2D eigenvalue weighted by Gasteiger charge is 2.46. The largest absolute Gasteiger partial charge is 0.462 e. The number of nitrogens with zero attached hydrogens (tertiary/aromatic N) is 2. The van der Waals surface area contributed by atoms with Gasteiger partial charge < -0.3 is 14.1 Å². The highest BCUT2D eigenvalue weighted by atomic mass is 35.5. The molecule has 2 aromatic rings. The molecule has 0 unspecified atom stereocenters. The second kappa shape index (κ2) is 9.04. The SMILES string of the molecule is CCOC(=O)c1cn([C@H](C(=O)[Si](C)(C)C(C)(C)C)C(C)C)c2cc(Cl)c(Cl)nc2c1=O. The molecule has 0 aliphatic heterocycles. The van der Waals surface area contributed by atoms with Crippen LogP contribution in [0.5, 0.6) is 0 Å². The quantitative estimate of drug-likeness (QED) is 0.298. The summed E-state index contributed by atoms with van der Waals surface area (Å²) in [6.07, 6.45) is 1.41. The molecule has 9 heteroatoms. The van der Waals surface area contributed by atoms with Gasteiger partial charge in [0.05, 0.1) is 23.2 Å². The van der Waals surface area contributed by atoms with Crippen LogP contribution < -0.4 is 5.43 Å². The van der Waals surface area contributed by atoms with E-state index in [1.54, 1.807) is 11.5 Å². The van der Waals surface area contributed by atoms with E-state index in [9.17, 15) is 14.4 Å². The first kappa shape index (κ1) is 25.6. The normalized spacial score (nSPS) is 13.5. The zero-order chi connectivity index (χ0) is 23.9. The first-order valence-corrected chi connectivity index (χ1v) is 14.0. The summed E-state index contributed by atoms with van der Waals surface area (Å²) in [6.45, 7) is 15.9. The Bertz CT molecular complexity index is 1090. The topological polar surface area (TPSA) is 78.3 Å². The average molecular weight is 485 g/mol. The van der Waals surface area contributed by atoms with Crippen LogP contribution in [0, 0.1) is 5.92 Å². The van der Waals surface area contributed by atoms with Crippen LogP contribution >= 0.6 is 23.2 Å². The monoisotopic (exact) mass is 484 g/mol. The Balaban J connectivity index is 2.94. The minimum atomic E-state index is -2.44. The summed E-state index contributed by atoms with van der Waals surface area (Å²) in [5.41, 5.74) is -0.452. The van der Waals surface area contributed by atoms with Crippen LogP contribution in [-0.2, 0) is 9.53 Å². The first-order valence-electron chi connectivity index (χ1n) is 10.3. The molecule has 0 amide bonds.